The maximum Gasteiger partial charge on any atom is 0.163 e. The normalized spacial score (nSPS) is 13.9. The van der Waals surface area contributed by atoms with Crippen LogP contribution in [0.4, 0.5) is 11.4 Å². The Morgan fingerprint density at radius 1 is 0.971 bits per heavy atom. The smallest absolute Gasteiger partial charge is 0.163 e. The van der Waals surface area contributed by atoms with Crippen LogP contribution in [0.5, 0.6) is 0 Å². The maximum absolute atomic E-state index is 12.5. The van der Waals surface area contributed by atoms with Gasteiger partial charge in [0.05, 0.1) is 16.8 Å². The van der Waals surface area contributed by atoms with Crippen LogP contribution < -0.4 is 5.32 Å². The minimum Gasteiger partial charge on any atom is -0.354 e. The van der Waals surface area contributed by atoms with E-state index in [9.17, 15) is 4.79 Å². The number of pyridine rings is 1. The predicted octanol–water partition coefficient (Wildman–Crippen LogP) is 7.79. The van der Waals surface area contributed by atoms with Crippen molar-refractivity contribution in [3.05, 3.63) is 88.0 Å². The zero-order valence-corrected chi connectivity index (χ0v) is 21.2. The molecule has 3 aromatic carbocycles. The van der Waals surface area contributed by atoms with Crippen molar-refractivity contribution < 1.29 is 4.79 Å². The van der Waals surface area contributed by atoms with Crippen LogP contribution in [0.2, 0.25) is 10.0 Å². The number of hydrogen-bond acceptors (Lipinski definition) is 4. The molecule has 1 fully saturated rings. The second-order valence-electron chi connectivity index (χ2n) is 9.12. The summed E-state index contributed by atoms with van der Waals surface area (Å²) in [6.45, 7) is 5.04. The molecular formula is C29H27Cl2N3O. The van der Waals surface area contributed by atoms with Crippen molar-refractivity contribution in [1.82, 2.24) is 9.88 Å². The maximum atomic E-state index is 12.5. The number of rotatable bonds is 7. The standard InChI is InChI=1S/C29H27Cl2N3O/c1-19(35)27-18-32-28-8-7-21(22-14-23(30)17-24(31)15-22)16-26(28)29(27)33-25-6-4-5-20(13-25)9-12-34-10-2-3-11-34/h4-8,13-18H,2-3,9-12H2,1H3,(H,32,33). The average Bonchev–Trinajstić information content (AvgIpc) is 3.36. The first-order valence-electron chi connectivity index (χ1n) is 11.9. The molecule has 6 heteroatoms. The Hall–Kier alpha value is -2.92. The van der Waals surface area contributed by atoms with Gasteiger partial charge in [-0.3, -0.25) is 9.78 Å². The summed E-state index contributed by atoms with van der Waals surface area (Å²) < 4.78 is 0. The van der Waals surface area contributed by atoms with Crippen molar-refractivity contribution in [3.63, 3.8) is 0 Å². The van der Waals surface area contributed by atoms with Crippen LogP contribution in [0.15, 0.2) is 66.9 Å². The average molecular weight is 504 g/mol. The molecule has 4 nitrogen and oxygen atoms in total. The molecule has 0 aliphatic carbocycles. The molecule has 1 aliphatic heterocycles. The Morgan fingerprint density at radius 2 is 1.74 bits per heavy atom. The second-order valence-corrected chi connectivity index (χ2v) is 9.99. The quantitative estimate of drug-likeness (QED) is 0.261. The summed E-state index contributed by atoms with van der Waals surface area (Å²) in [6, 6.07) is 19.9. The van der Waals surface area contributed by atoms with Gasteiger partial charge in [-0.05, 0) is 98.4 Å². The molecular weight excluding hydrogens is 477 g/mol. The number of nitrogens with zero attached hydrogens (tertiary/aromatic N) is 2. The minimum atomic E-state index is -0.0386. The number of anilines is 2. The van der Waals surface area contributed by atoms with Crippen molar-refractivity contribution >= 4 is 51.3 Å². The number of halogens is 2. The third kappa shape index (κ3) is 5.51. The summed E-state index contributed by atoms with van der Waals surface area (Å²) in [5.74, 6) is -0.0386. The first-order chi connectivity index (χ1) is 17.0. The van der Waals surface area contributed by atoms with Gasteiger partial charge in [0.25, 0.3) is 0 Å². The van der Waals surface area contributed by atoms with Gasteiger partial charge >= 0.3 is 0 Å². The molecule has 35 heavy (non-hydrogen) atoms. The highest BCUT2D eigenvalue weighted by atomic mass is 35.5. The first kappa shape index (κ1) is 23.8. The lowest BCUT2D eigenvalue weighted by atomic mass is 10.00. The van der Waals surface area contributed by atoms with Gasteiger partial charge in [0.2, 0.25) is 0 Å². The van der Waals surface area contributed by atoms with Gasteiger partial charge in [0.1, 0.15) is 0 Å². The van der Waals surface area contributed by atoms with Crippen molar-refractivity contribution in [1.29, 1.82) is 0 Å². The first-order valence-corrected chi connectivity index (χ1v) is 12.7. The number of Topliss-reactive ketones (excluding diaryl/α,β-unsaturated/α-hetero) is 1. The van der Waals surface area contributed by atoms with Crippen LogP contribution in [-0.4, -0.2) is 35.3 Å². The number of hydrogen-bond donors (Lipinski definition) is 1. The third-order valence-electron chi connectivity index (χ3n) is 6.55. The van der Waals surface area contributed by atoms with E-state index in [4.69, 9.17) is 23.2 Å². The number of benzene rings is 3. The summed E-state index contributed by atoms with van der Waals surface area (Å²) >= 11 is 12.5. The summed E-state index contributed by atoms with van der Waals surface area (Å²) in [5, 5.41) is 5.56. The van der Waals surface area contributed by atoms with E-state index >= 15 is 0 Å². The number of carbonyl (C=O) groups excluding carboxylic acids is 1. The Labute approximate surface area is 215 Å². The lowest BCUT2D eigenvalue weighted by Crippen LogP contribution is -2.21. The largest absolute Gasteiger partial charge is 0.354 e. The highest BCUT2D eigenvalue weighted by molar-refractivity contribution is 6.35. The van der Waals surface area contributed by atoms with Crippen LogP contribution >= 0.6 is 23.2 Å². The van der Waals surface area contributed by atoms with E-state index in [-0.39, 0.29) is 5.78 Å². The molecule has 2 heterocycles. The van der Waals surface area contributed by atoms with Gasteiger partial charge in [0, 0.05) is 33.9 Å². The van der Waals surface area contributed by atoms with Gasteiger partial charge in [-0.2, -0.15) is 0 Å². The van der Waals surface area contributed by atoms with E-state index in [1.165, 1.54) is 31.5 Å². The lowest BCUT2D eigenvalue weighted by Gasteiger charge is -2.17. The summed E-state index contributed by atoms with van der Waals surface area (Å²) in [5.41, 5.74) is 6.21. The fraction of sp³-hybridized carbons (Fsp3) is 0.241. The highest BCUT2D eigenvalue weighted by Gasteiger charge is 2.15. The molecule has 0 radical (unpaired) electrons. The van der Waals surface area contributed by atoms with Gasteiger partial charge in [-0.15, -0.1) is 0 Å². The predicted molar refractivity (Wildman–Crippen MR) is 146 cm³/mol. The molecule has 178 valence electrons. The van der Waals surface area contributed by atoms with Gasteiger partial charge in [-0.25, -0.2) is 0 Å². The van der Waals surface area contributed by atoms with Crippen LogP contribution in [0.3, 0.4) is 0 Å². The number of fused-ring (bicyclic) bond motifs is 1. The van der Waals surface area contributed by atoms with E-state index in [1.807, 2.05) is 36.4 Å². The molecule has 0 bridgehead atoms. The van der Waals surface area contributed by atoms with Gasteiger partial charge in [-0.1, -0.05) is 41.4 Å². The molecule has 1 aromatic heterocycles. The van der Waals surface area contributed by atoms with E-state index in [0.717, 1.165) is 46.4 Å². The number of ketones is 1. The van der Waals surface area contributed by atoms with Gasteiger partial charge in [0.15, 0.2) is 5.78 Å². The molecule has 0 saturated carbocycles. The zero-order chi connectivity index (χ0) is 24.4. The number of likely N-dealkylation sites (tertiary alicyclic amines) is 1. The Kier molecular flexibility index (Phi) is 7.05. The van der Waals surface area contributed by atoms with E-state index < -0.39 is 0 Å². The number of carbonyl (C=O) groups is 1. The Balaban J connectivity index is 1.52. The molecule has 1 aliphatic rings. The van der Waals surface area contributed by atoms with Crippen molar-refractivity contribution in [2.45, 2.75) is 26.2 Å². The Morgan fingerprint density at radius 3 is 2.49 bits per heavy atom. The van der Waals surface area contributed by atoms with Crippen LogP contribution in [0.1, 0.15) is 35.7 Å². The molecule has 0 spiro atoms. The molecule has 4 aromatic rings. The van der Waals surface area contributed by atoms with Crippen molar-refractivity contribution in [2.24, 2.45) is 0 Å². The summed E-state index contributed by atoms with van der Waals surface area (Å²) in [4.78, 5) is 19.6. The molecule has 0 atom stereocenters. The molecule has 0 unspecified atom stereocenters. The van der Waals surface area contributed by atoms with Crippen molar-refractivity contribution in [3.8, 4) is 11.1 Å². The molecule has 1 N–H and O–H groups in total. The van der Waals surface area contributed by atoms with Crippen LogP contribution in [0, 0.1) is 0 Å². The van der Waals surface area contributed by atoms with E-state index in [1.54, 1.807) is 19.2 Å². The van der Waals surface area contributed by atoms with Crippen LogP contribution in [-0.2, 0) is 6.42 Å². The fourth-order valence-electron chi connectivity index (χ4n) is 4.74. The molecule has 1 saturated heterocycles. The second kappa shape index (κ2) is 10.4. The molecule has 5 rings (SSSR count). The zero-order valence-electron chi connectivity index (χ0n) is 19.7. The van der Waals surface area contributed by atoms with Gasteiger partial charge < -0.3 is 10.2 Å². The number of aromatic nitrogens is 1. The number of nitrogens with one attached hydrogen (secondary N) is 1. The fourth-order valence-corrected chi connectivity index (χ4v) is 5.26. The minimum absolute atomic E-state index is 0.0386. The summed E-state index contributed by atoms with van der Waals surface area (Å²) in [7, 11) is 0. The van der Waals surface area contributed by atoms with E-state index in [0.29, 0.717) is 15.6 Å². The third-order valence-corrected chi connectivity index (χ3v) is 6.99. The van der Waals surface area contributed by atoms with E-state index in [2.05, 4.69) is 33.4 Å². The topological polar surface area (TPSA) is 45.2 Å². The summed E-state index contributed by atoms with van der Waals surface area (Å²) in [6.07, 6.45) is 5.26. The van der Waals surface area contributed by atoms with Crippen LogP contribution in [0.25, 0.3) is 22.0 Å². The van der Waals surface area contributed by atoms with Crippen molar-refractivity contribution in [2.75, 3.05) is 25.0 Å². The lowest BCUT2D eigenvalue weighted by molar-refractivity contribution is 0.101. The monoisotopic (exact) mass is 503 g/mol. The SMILES string of the molecule is CC(=O)c1cnc2ccc(-c3cc(Cl)cc(Cl)c3)cc2c1Nc1cccc(CCN2CCCC2)c1. The molecule has 0 amide bonds. The highest BCUT2D eigenvalue weighted by Crippen LogP contribution is 2.34. The Bertz CT molecular complexity index is 1380.